The molecule has 0 spiro atoms. The van der Waals surface area contributed by atoms with Crippen LogP contribution < -0.4 is 5.32 Å². The van der Waals surface area contributed by atoms with E-state index in [1.807, 2.05) is 6.07 Å². The number of hydrogen-bond acceptors (Lipinski definition) is 6. The maximum Gasteiger partial charge on any atom is 0.294 e. The van der Waals surface area contributed by atoms with Gasteiger partial charge in [0, 0.05) is 22.3 Å². The molecule has 7 nitrogen and oxygen atoms in total. The molecule has 0 unspecified atom stereocenters. The summed E-state index contributed by atoms with van der Waals surface area (Å²) in [5.74, 6) is 0.0730. The van der Waals surface area contributed by atoms with Gasteiger partial charge in [0.25, 0.3) is 5.69 Å². The van der Waals surface area contributed by atoms with Gasteiger partial charge in [-0.2, -0.15) is 5.26 Å². The van der Waals surface area contributed by atoms with Crippen LogP contribution in [0.4, 0.5) is 11.4 Å². The molecule has 0 amide bonds. The van der Waals surface area contributed by atoms with Crippen molar-refractivity contribution in [1.82, 2.24) is 4.98 Å². The molecule has 3 aromatic rings. The number of nitro benzene ring substituents is 1. The first-order valence-electron chi connectivity index (χ1n) is 6.85. The summed E-state index contributed by atoms with van der Waals surface area (Å²) in [6.45, 7) is 0. The zero-order valence-corrected chi connectivity index (χ0v) is 13.9. The molecule has 0 atom stereocenters. The lowest BCUT2D eigenvalue weighted by molar-refractivity contribution is -0.383. The van der Waals surface area contributed by atoms with Crippen LogP contribution >= 0.6 is 23.2 Å². The molecule has 3 rings (SSSR count). The zero-order valence-electron chi connectivity index (χ0n) is 12.4. The largest absolute Gasteiger partial charge is 0.435 e. The van der Waals surface area contributed by atoms with Gasteiger partial charge in [-0.15, -0.1) is 0 Å². The van der Waals surface area contributed by atoms with Crippen LogP contribution in [0.5, 0.6) is 0 Å². The van der Waals surface area contributed by atoms with E-state index < -0.39 is 4.92 Å². The number of nitriles is 1. The van der Waals surface area contributed by atoms with Gasteiger partial charge in [0.15, 0.2) is 5.58 Å². The fourth-order valence-corrected chi connectivity index (χ4v) is 2.42. The van der Waals surface area contributed by atoms with Crippen molar-refractivity contribution in [1.29, 1.82) is 5.26 Å². The lowest BCUT2D eigenvalue weighted by atomic mass is 10.2. The highest BCUT2D eigenvalue weighted by Gasteiger charge is 2.15. The van der Waals surface area contributed by atoms with Crippen LogP contribution in [0.2, 0.25) is 10.0 Å². The van der Waals surface area contributed by atoms with Gasteiger partial charge in [0.1, 0.15) is 22.8 Å². The molecule has 0 radical (unpaired) electrons. The van der Waals surface area contributed by atoms with Crippen molar-refractivity contribution in [3.8, 4) is 6.07 Å². The number of allylic oxidation sites excluding steroid dienone is 1. The van der Waals surface area contributed by atoms with Crippen molar-refractivity contribution in [2.24, 2.45) is 0 Å². The molecule has 2 aromatic carbocycles. The van der Waals surface area contributed by atoms with Crippen LogP contribution in [-0.4, -0.2) is 9.91 Å². The summed E-state index contributed by atoms with van der Waals surface area (Å²) in [5, 5.41) is 23.8. The molecule has 9 heteroatoms. The molecular formula is C16H8Cl2N4O3. The highest BCUT2D eigenvalue weighted by atomic mass is 35.5. The maximum atomic E-state index is 11.1. The molecule has 124 valence electrons. The molecule has 1 N–H and O–H groups in total. The molecule has 0 saturated carbocycles. The topological polar surface area (TPSA) is 105 Å². The number of anilines is 1. The number of benzene rings is 2. The van der Waals surface area contributed by atoms with Crippen molar-refractivity contribution >= 4 is 51.2 Å². The highest BCUT2D eigenvalue weighted by Crippen LogP contribution is 2.29. The number of aromatic nitrogens is 1. The van der Waals surface area contributed by atoms with E-state index in [1.165, 1.54) is 24.4 Å². The first-order chi connectivity index (χ1) is 12.0. The van der Waals surface area contributed by atoms with Crippen molar-refractivity contribution in [3.63, 3.8) is 0 Å². The van der Waals surface area contributed by atoms with Crippen molar-refractivity contribution in [2.75, 3.05) is 5.32 Å². The Kier molecular flexibility index (Phi) is 4.57. The number of halogens is 2. The van der Waals surface area contributed by atoms with Gasteiger partial charge in [-0.25, -0.2) is 4.98 Å². The monoisotopic (exact) mass is 374 g/mol. The molecule has 0 saturated heterocycles. The maximum absolute atomic E-state index is 11.1. The Balaban J connectivity index is 1.96. The van der Waals surface area contributed by atoms with Gasteiger partial charge in [-0.1, -0.05) is 23.2 Å². The smallest absolute Gasteiger partial charge is 0.294 e. The number of oxazole rings is 1. The average Bonchev–Trinajstić information content (AvgIpc) is 2.99. The van der Waals surface area contributed by atoms with E-state index in [2.05, 4.69) is 10.3 Å². The number of nitrogens with one attached hydrogen (secondary N) is 1. The Morgan fingerprint density at radius 2 is 2.00 bits per heavy atom. The Morgan fingerprint density at radius 3 is 2.72 bits per heavy atom. The molecular weight excluding hydrogens is 367 g/mol. The molecule has 1 heterocycles. The summed E-state index contributed by atoms with van der Waals surface area (Å²) >= 11 is 11.7. The number of hydrogen-bond donors (Lipinski definition) is 1. The van der Waals surface area contributed by atoms with Crippen LogP contribution in [0, 0.1) is 21.4 Å². The lowest BCUT2D eigenvalue weighted by Crippen LogP contribution is -1.97. The summed E-state index contributed by atoms with van der Waals surface area (Å²) in [6, 6.07) is 11.0. The Morgan fingerprint density at radius 1 is 1.28 bits per heavy atom. The fraction of sp³-hybridized carbons (Fsp3) is 0. The molecule has 0 fully saturated rings. The van der Waals surface area contributed by atoms with Crippen LogP contribution in [0.1, 0.15) is 5.89 Å². The van der Waals surface area contributed by atoms with Gasteiger partial charge < -0.3 is 9.73 Å². The highest BCUT2D eigenvalue weighted by molar-refractivity contribution is 6.31. The van der Waals surface area contributed by atoms with Gasteiger partial charge in [0.05, 0.1) is 4.92 Å². The van der Waals surface area contributed by atoms with Gasteiger partial charge in [-0.05, 0) is 30.3 Å². The first-order valence-corrected chi connectivity index (χ1v) is 7.61. The van der Waals surface area contributed by atoms with E-state index >= 15 is 0 Å². The van der Waals surface area contributed by atoms with Crippen molar-refractivity contribution in [2.45, 2.75) is 0 Å². The standard InChI is InChI=1S/C16H8Cl2N4O3/c17-10-2-4-15-13(5-10)21-16(25-15)9(7-19)8-20-12-3-1-11(18)6-14(12)22(23)24/h1-6,8,20H/b9-8-. The SMILES string of the molecule is N#C/C(=C/Nc1ccc(Cl)cc1[N+](=O)[O-])c1nc2cc(Cl)ccc2o1. The van der Waals surface area contributed by atoms with Crippen LogP contribution in [0.25, 0.3) is 16.7 Å². The summed E-state index contributed by atoms with van der Waals surface area (Å²) in [7, 11) is 0. The van der Waals surface area contributed by atoms with Crippen LogP contribution in [-0.2, 0) is 0 Å². The molecule has 0 bridgehead atoms. The summed E-state index contributed by atoms with van der Waals surface area (Å²) in [4.78, 5) is 14.7. The first kappa shape index (κ1) is 16.8. The second kappa shape index (κ2) is 6.81. The Bertz CT molecular complexity index is 1050. The predicted octanol–water partition coefficient (Wildman–Crippen LogP) is 5.02. The van der Waals surface area contributed by atoms with Gasteiger partial charge >= 0.3 is 0 Å². The third-order valence-electron chi connectivity index (χ3n) is 3.23. The van der Waals surface area contributed by atoms with Crippen molar-refractivity contribution < 1.29 is 9.34 Å². The number of fused-ring (bicyclic) bond motifs is 1. The quantitative estimate of drug-likeness (QED) is 0.390. The van der Waals surface area contributed by atoms with Crippen molar-refractivity contribution in [3.05, 3.63) is 68.6 Å². The van der Waals surface area contributed by atoms with E-state index in [1.54, 1.807) is 18.2 Å². The van der Waals surface area contributed by atoms with E-state index in [4.69, 9.17) is 27.6 Å². The third-order valence-corrected chi connectivity index (χ3v) is 3.70. The number of nitrogens with zero attached hydrogens (tertiary/aromatic N) is 3. The fourth-order valence-electron chi connectivity index (χ4n) is 2.09. The third kappa shape index (κ3) is 3.55. The molecule has 1 aromatic heterocycles. The second-order valence-corrected chi connectivity index (χ2v) is 5.74. The summed E-state index contributed by atoms with van der Waals surface area (Å²) in [5.41, 5.74) is 1.00. The molecule has 25 heavy (non-hydrogen) atoms. The minimum absolute atomic E-state index is 0.0663. The minimum Gasteiger partial charge on any atom is -0.435 e. The van der Waals surface area contributed by atoms with E-state index in [-0.39, 0.29) is 27.9 Å². The second-order valence-electron chi connectivity index (χ2n) is 4.86. The minimum atomic E-state index is -0.574. The normalized spacial score (nSPS) is 11.3. The van der Waals surface area contributed by atoms with E-state index in [0.717, 1.165) is 0 Å². The van der Waals surface area contributed by atoms with Gasteiger partial charge in [0.2, 0.25) is 5.89 Å². The molecule has 0 aliphatic carbocycles. The van der Waals surface area contributed by atoms with Crippen LogP contribution in [0.3, 0.4) is 0 Å². The number of nitro groups is 1. The lowest BCUT2D eigenvalue weighted by Gasteiger charge is -2.03. The predicted molar refractivity (Wildman–Crippen MR) is 94.3 cm³/mol. The molecule has 0 aliphatic heterocycles. The van der Waals surface area contributed by atoms with Crippen LogP contribution in [0.15, 0.2) is 47.0 Å². The summed E-state index contributed by atoms with van der Waals surface area (Å²) < 4.78 is 5.51. The van der Waals surface area contributed by atoms with Gasteiger partial charge in [-0.3, -0.25) is 10.1 Å². The van der Waals surface area contributed by atoms with E-state index in [0.29, 0.717) is 16.1 Å². The number of rotatable bonds is 4. The zero-order chi connectivity index (χ0) is 18.0. The van der Waals surface area contributed by atoms with E-state index in [9.17, 15) is 15.4 Å². The molecule has 0 aliphatic rings. The average molecular weight is 375 g/mol. The Hall–Kier alpha value is -3.08. The Labute approximate surface area is 151 Å². The summed E-state index contributed by atoms with van der Waals surface area (Å²) in [6.07, 6.45) is 1.28.